The second-order valence-corrected chi connectivity index (χ2v) is 5.40. The Labute approximate surface area is 106 Å². The zero-order valence-corrected chi connectivity index (χ0v) is 11.2. The van der Waals surface area contributed by atoms with Crippen LogP contribution in [0.15, 0.2) is 11.6 Å². The molecular formula is C15H27NO. The van der Waals surface area contributed by atoms with Crippen LogP contribution < -0.4 is 5.32 Å². The Morgan fingerprint density at radius 2 is 2.06 bits per heavy atom. The molecule has 0 radical (unpaired) electrons. The third-order valence-electron chi connectivity index (χ3n) is 4.12. The summed E-state index contributed by atoms with van der Waals surface area (Å²) in [4.78, 5) is 0. The first kappa shape index (κ1) is 13.1. The minimum absolute atomic E-state index is 0.416. The third kappa shape index (κ3) is 3.82. The summed E-state index contributed by atoms with van der Waals surface area (Å²) < 4.78 is 5.95. The Kier molecular flexibility index (Phi) is 5.53. The van der Waals surface area contributed by atoms with E-state index < -0.39 is 0 Å². The van der Waals surface area contributed by atoms with Crippen LogP contribution >= 0.6 is 0 Å². The van der Waals surface area contributed by atoms with Crippen LogP contribution in [0, 0.1) is 0 Å². The van der Waals surface area contributed by atoms with Crippen LogP contribution in [0.4, 0.5) is 0 Å². The smallest absolute Gasteiger partial charge is 0.0766 e. The summed E-state index contributed by atoms with van der Waals surface area (Å²) in [7, 11) is 2.09. The van der Waals surface area contributed by atoms with Crippen LogP contribution in [-0.2, 0) is 4.74 Å². The molecule has 1 fully saturated rings. The van der Waals surface area contributed by atoms with Gasteiger partial charge in [-0.05, 0) is 52.0 Å². The van der Waals surface area contributed by atoms with E-state index in [1.54, 1.807) is 5.57 Å². The number of nitrogens with one attached hydrogen (secondary N) is 1. The van der Waals surface area contributed by atoms with Gasteiger partial charge in [-0.2, -0.15) is 0 Å². The molecule has 0 bridgehead atoms. The van der Waals surface area contributed by atoms with E-state index in [0.717, 1.165) is 6.61 Å². The molecule has 1 heterocycles. The number of hydrogen-bond acceptors (Lipinski definition) is 2. The summed E-state index contributed by atoms with van der Waals surface area (Å²) in [6.07, 6.45) is 14.8. The summed E-state index contributed by atoms with van der Waals surface area (Å²) in [5.41, 5.74) is 1.61. The molecule has 0 amide bonds. The largest absolute Gasteiger partial charge is 0.376 e. The van der Waals surface area contributed by atoms with Gasteiger partial charge in [0.05, 0.1) is 12.1 Å². The molecule has 2 rings (SSSR count). The summed E-state index contributed by atoms with van der Waals surface area (Å²) >= 11 is 0. The van der Waals surface area contributed by atoms with Crippen LogP contribution in [0.25, 0.3) is 0 Å². The molecule has 2 heteroatoms. The molecule has 17 heavy (non-hydrogen) atoms. The summed E-state index contributed by atoms with van der Waals surface area (Å²) in [6, 6.07) is 0.466. The van der Waals surface area contributed by atoms with Crippen molar-refractivity contribution in [3.8, 4) is 0 Å². The van der Waals surface area contributed by atoms with Crippen molar-refractivity contribution in [3.05, 3.63) is 11.6 Å². The number of ether oxygens (including phenoxy) is 1. The Morgan fingerprint density at radius 1 is 1.18 bits per heavy atom. The molecule has 0 aromatic heterocycles. The molecule has 0 spiro atoms. The van der Waals surface area contributed by atoms with Gasteiger partial charge in [0.2, 0.25) is 0 Å². The molecular weight excluding hydrogens is 210 g/mol. The average molecular weight is 237 g/mol. The predicted octanol–water partition coefficient (Wildman–Crippen LogP) is 3.42. The Morgan fingerprint density at radius 3 is 2.82 bits per heavy atom. The van der Waals surface area contributed by atoms with E-state index in [1.165, 1.54) is 57.8 Å². The lowest BCUT2D eigenvalue weighted by atomic mass is 9.89. The molecule has 0 aromatic rings. The van der Waals surface area contributed by atoms with Gasteiger partial charge in [0.15, 0.2) is 0 Å². The number of rotatable bonds is 3. The molecule has 1 aliphatic carbocycles. The number of allylic oxidation sites excluding steroid dienone is 1. The van der Waals surface area contributed by atoms with Gasteiger partial charge in [0.1, 0.15) is 0 Å². The van der Waals surface area contributed by atoms with E-state index in [2.05, 4.69) is 18.4 Å². The van der Waals surface area contributed by atoms with E-state index in [4.69, 9.17) is 4.74 Å². The zero-order chi connectivity index (χ0) is 11.9. The predicted molar refractivity (Wildman–Crippen MR) is 72.2 cm³/mol. The lowest BCUT2D eigenvalue weighted by molar-refractivity contribution is 0.000680. The molecule has 1 saturated heterocycles. The van der Waals surface area contributed by atoms with Gasteiger partial charge in [0.25, 0.3) is 0 Å². The van der Waals surface area contributed by atoms with Crippen molar-refractivity contribution in [2.24, 2.45) is 0 Å². The Hall–Kier alpha value is -0.340. The van der Waals surface area contributed by atoms with Gasteiger partial charge >= 0.3 is 0 Å². The standard InChI is InChI=1S/C15H27NO/c1-16-15(14-11-7-8-12-17-14)13-9-5-3-2-4-6-10-13/h9,14-16H,2-8,10-12H2,1H3. The third-order valence-corrected chi connectivity index (χ3v) is 4.12. The highest BCUT2D eigenvalue weighted by Gasteiger charge is 2.26. The van der Waals surface area contributed by atoms with Crippen molar-refractivity contribution in [2.75, 3.05) is 13.7 Å². The normalized spacial score (nSPS) is 29.0. The number of likely N-dealkylation sites (N-methyl/N-ethyl adjacent to an activating group) is 1. The summed E-state index contributed by atoms with van der Waals surface area (Å²) in [5, 5.41) is 3.50. The minimum Gasteiger partial charge on any atom is -0.376 e. The first-order chi connectivity index (χ1) is 8.42. The molecule has 1 N–H and O–H groups in total. The van der Waals surface area contributed by atoms with E-state index >= 15 is 0 Å². The fraction of sp³-hybridized carbons (Fsp3) is 0.867. The first-order valence-electron chi connectivity index (χ1n) is 7.39. The fourth-order valence-corrected chi connectivity index (χ4v) is 3.14. The molecule has 0 saturated carbocycles. The van der Waals surface area contributed by atoms with Gasteiger partial charge in [0, 0.05) is 6.61 Å². The van der Waals surface area contributed by atoms with E-state index in [0.29, 0.717) is 12.1 Å². The SMILES string of the molecule is CNC(C1=CCCCCCC1)C1CCCCO1. The van der Waals surface area contributed by atoms with Gasteiger partial charge in [-0.1, -0.05) is 24.5 Å². The van der Waals surface area contributed by atoms with E-state index in [-0.39, 0.29) is 0 Å². The van der Waals surface area contributed by atoms with E-state index in [9.17, 15) is 0 Å². The Balaban J connectivity index is 1.98. The summed E-state index contributed by atoms with van der Waals surface area (Å²) in [5.74, 6) is 0. The average Bonchev–Trinajstić information content (AvgIpc) is 2.34. The second kappa shape index (κ2) is 7.17. The first-order valence-corrected chi connectivity index (χ1v) is 7.39. The van der Waals surface area contributed by atoms with Crippen molar-refractivity contribution in [1.82, 2.24) is 5.32 Å². The monoisotopic (exact) mass is 237 g/mol. The van der Waals surface area contributed by atoms with Gasteiger partial charge < -0.3 is 10.1 Å². The van der Waals surface area contributed by atoms with Crippen LogP contribution in [-0.4, -0.2) is 25.8 Å². The lowest BCUT2D eigenvalue weighted by Crippen LogP contribution is -2.42. The molecule has 2 aliphatic rings. The molecule has 2 unspecified atom stereocenters. The lowest BCUT2D eigenvalue weighted by Gasteiger charge is -2.32. The van der Waals surface area contributed by atoms with Gasteiger partial charge in [-0.15, -0.1) is 0 Å². The highest BCUT2D eigenvalue weighted by atomic mass is 16.5. The maximum atomic E-state index is 5.95. The minimum atomic E-state index is 0.416. The number of hydrogen-bond donors (Lipinski definition) is 1. The summed E-state index contributed by atoms with van der Waals surface area (Å²) in [6.45, 7) is 0.954. The quantitative estimate of drug-likeness (QED) is 0.759. The van der Waals surface area contributed by atoms with Crippen molar-refractivity contribution in [1.29, 1.82) is 0 Å². The Bertz CT molecular complexity index is 243. The van der Waals surface area contributed by atoms with Crippen molar-refractivity contribution in [2.45, 2.75) is 69.9 Å². The van der Waals surface area contributed by atoms with Crippen LogP contribution in [0.5, 0.6) is 0 Å². The van der Waals surface area contributed by atoms with Crippen LogP contribution in [0.2, 0.25) is 0 Å². The van der Waals surface area contributed by atoms with Crippen molar-refractivity contribution in [3.63, 3.8) is 0 Å². The molecule has 2 atom stereocenters. The second-order valence-electron chi connectivity index (χ2n) is 5.40. The van der Waals surface area contributed by atoms with E-state index in [1.807, 2.05) is 0 Å². The topological polar surface area (TPSA) is 21.3 Å². The van der Waals surface area contributed by atoms with Crippen LogP contribution in [0.3, 0.4) is 0 Å². The molecule has 98 valence electrons. The van der Waals surface area contributed by atoms with Gasteiger partial charge in [-0.3, -0.25) is 0 Å². The molecule has 0 aromatic carbocycles. The maximum absolute atomic E-state index is 5.95. The van der Waals surface area contributed by atoms with Gasteiger partial charge in [-0.25, -0.2) is 0 Å². The zero-order valence-electron chi connectivity index (χ0n) is 11.2. The van der Waals surface area contributed by atoms with Crippen molar-refractivity contribution >= 4 is 0 Å². The van der Waals surface area contributed by atoms with Crippen molar-refractivity contribution < 1.29 is 4.74 Å². The van der Waals surface area contributed by atoms with Crippen LogP contribution in [0.1, 0.15) is 57.8 Å². The molecule has 2 nitrogen and oxygen atoms in total. The molecule has 1 aliphatic heterocycles. The highest BCUT2D eigenvalue weighted by molar-refractivity contribution is 5.14. The fourth-order valence-electron chi connectivity index (χ4n) is 3.14. The maximum Gasteiger partial charge on any atom is 0.0766 e. The highest BCUT2D eigenvalue weighted by Crippen LogP contribution is 2.25.